The molecule has 0 aromatic carbocycles. The van der Waals surface area contributed by atoms with E-state index in [4.69, 9.17) is 16.3 Å². The maximum Gasteiger partial charge on any atom is 0.249 e. The zero-order valence-corrected chi connectivity index (χ0v) is 10.8. The highest BCUT2D eigenvalue weighted by molar-refractivity contribution is 6.18. The molecule has 4 heteroatoms. The SMILES string of the molecule is CC(CCl)CCCNC(=O)C1CCCCO1. The van der Waals surface area contributed by atoms with E-state index in [9.17, 15) is 4.79 Å². The summed E-state index contributed by atoms with van der Waals surface area (Å²) in [6.45, 7) is 3.58. The van der Waals surface area contributed by atoms with Gasteiger partial charge in [-0.25, -0.2) is 0 Å². The molecule has 3 nitrogen and oxygen atoms in total. The molecule has 1 fully saturated rings. The van der Waals surface area contributed by atoms with Crippen molar-refractivity contribution in [1.29, 1.82) is 0 Å². The molecule has 0 saturated carbocycles. The number of alkyl halides is 1. The normalized spacial score (nSPS) is 22.8. The molecule has 0 aromatic rings. The Morgan fingerprint density at radius 2 is 2.38 bits per heavy atom. The molecule has 1 saturated heterocycles. The number of ether oxygens (including phenoxy) is 1. The summed E-state index contributed by atoms with van der Waals surface area (Å²) < 4.78 is 5.41. The molecule has 1 rings (SSSR count). The van der Waals surface area contributed by atoms with Gasteiger partial charge in [0, 0.05) is 19.0 Å². The quantitative estimate of drug-likeness (QED) is 0.578. The van der Waals surface area contributed by atoms with Crippen LogP contribution in [0.2, 0.25) is 0 Å². The average Bonchev–Trinajstić information content (AvgIpc) is 2.35. The van der Waals surface area contributed by atoms with Gasteiger partial charge in [0.25, 0.3) is 0 Å². The number of halogens is 1. The Labute approximate surface area is 103 Å². The van der Waals surface area contributed by atoms with Crippen molar-refractivity contribution in [1.82, 2.24) is 5.32 Å². The van der Waals surface area contributed by atoms with Crippen LogP contribution in [0.5, 0.6) is 0 Å². The third-order valence-electron chi connectivity index (χ3n) is 2.91. The van der Waals surface area contributed by atoms with Crippen molar-refractivity contribution in [3.63, 3.8) is 0 Å². The minimum atomic E-state index is -0.209. The number of carbonyl (C=O) groups excluding carboxylic acids is 1. The molecule has 2 unspecified atom stereocenters. The van der Waals surface area contributed by atoms with E-state index in [0.717, 1.165) is 45.3 Å². The van der Waals surface area contributed by atoms with Crippen LogP contribution in [0, 0.1) is 5.92 Å². The first-order valence-corrected chi connectivity index (χ1v) is 6.72. The molecule has 0 spiro atoms. The first-order chi connectivity index (χ1) is 7.74. The first-order valence-electron chi connectivity index (χ1n) is 6.19. The molecule has 1 heterocycles. The highest BCUT2D eigenvalue weighted by atomic mass is 35.5. The molecule has 1 aliphatic rings. The Morgan fingerprint density at radius 1 is 1.56 bits per heavy atom. The molecule has 0 aromatic heterocycles. The van der Waals surface area contributed by atoms with Crippen molar-refractivity contribution >= 4 is 17.5 Å². The lowest BCUT2D eigenvalue weighted by Gasteiger charge is -2.21. The van der Waals surface area contributed by atoms with E-state index in [1.165, 1.54) is 0 Å². The largest absolute Gasteiger partial charge is 0.368 e. The van der Waals surface area contributed by atoms with Crippen LogP contribution in [-0.4, -0.2) is 31.0 Å². The van der Waals surface area contributed by atoms with E-state index in [0.29, 0.717) is 11.8 Å². The van der Waals surface area contributed by atoms with Gasteiger partial charge < -0.3 is 10.1 Å². The summed E-state index contributed by atoms with van der Waals surface area (Å²) in [5.41, 5.74) is 0. The molecular weight excluding hydrogens is 226 g/mol. The van der Waals surface area contributed by atoms with Gasteiger partial charge in [-0.3, -0.25) is 4.79 Å². The number of nitrogens with one attached hydrogen (secondary N) is 1. The van der Waals surface area contributed by atoms with Gasteiger partial charge in [-0.2, -0.15) is 0 Å². The summed E-state index contributed by atoms with van der Waals surface area (Å²) in [7, 11) is 0. The van der Waals surface area contributed by atoms with Crippen LogP contribution in [-0.2, 0) is 9.53 Å². The molecule has 0 bridgehead atoms. The second kappa shape index (κ2) is 7.91. The fraction of sp³-hybridized carbons (Fsp3) is 0.917. The Hall–Kier alpha value is -0.280. The van der Waals surface area contributed by atoms with Gasteiger partial charge in [-0.1, -0.05) is 6.92 Å². The number of hydrogen-bond acceptors (Lipinski definition) is 2. The Bertz CT molecular complexity index is 205. The molecular formula is C12H22ClNO2. The molecule has 2 atom stereocenters. The van der Waals surface area contributed by atoms with Crippen molar-refractivity contribution in [3.8, 4) is 0 Å². The smallest absolute Gasteiger partial charge is 0.249 e. The molecule has 0 aliphatic carbocycles. The molecule has 1 amide bonds. The highest BCUT2D eigenvalue weighted by Crippen LogP contribution is 2.12. The second-order valence-corrected chi connectivity index (χ2v) is 4.86. The van der Waals surface area contributed by atoms with Crippen molar-refractivity contribution < 1.29 is 9.53 Å². The van der Waals surface area contributed by atoms with Crippen LogP contribution in [0.4, 0.5) is 0 Å². The third kappa shape index (κ3) is 5.17. The number of hydrogen-bond donors (Lipinski definition) is 1. The molecule has 1 N–H and O–H groups in total. The van der Waals surface area contributed by atoms with Crippen molar-refractivity contribution in [2.45, 2.75) is 45.1 Å². The van der Waals surface area contributed by atoms with Crippen LogP contribution in [0.3, 0.4) is 0 Å². The van der Waals surface area contributed by atoms with Crippen LogP contribution >= 0.6 is 11.6 Å². The van der Waals surface area contributed by atoms with Gasteiger partial charge in [-0.05, 0) is 38.0 Å². The van der Waals surface area contributed by atoms with Gasteiger partial charge in [0.1, 0.15) is 6.10 Å². The second-order valence-electron chi connectivity index (χ2n) is 4.55. The fourth-order valence-corrected chi connectivity index (χ4v) is 1.95. The van der Waals surface area contributed by atoms with E-state index in [-0.39, 0.29) is 12.0 Å². The summed E-state index contributed by atoms with van der Waals surface area (Å²) in [5, 5.41) is 2.92. The highest BCUT2D eigenvalue weighted by Gasteiger charge is 2.21. The van der Waals surface area contributed by atoms with E-state index in [2.05, 4.69) is 12.2 Å². The van der Waals surface area contributed by atoms with Crippen LogP contribution in [0.15, 0.2) is 0 Å². The summed E-state index contributed by atoms with van der Waals surface area (Å²) in [6, 6.07) is 0. The third-order valence-corrected chi connectivity index (χ3v) is 3.44. The summed E-state index contributed by atoms with van der Waals surface area (Å²) in [4.78, 5) is 11.7. The fourth-order valence-electron chi connectivity index (χ4n) is 1.80. The maximum atomic E-state index is 11.7. The van der Waals surface area contributed by atoms with E-state index < -0.39 is 0 Å². The van der Waals surface area contributed by atoms with Gasteiger partial charge in [-0.15, -0.1) is 11.6 Å². The summed E-state index contributed by atoms with van der Waals surface area (Å²) in [6.07, 6.45) is 4.89. The Balaban J connectivity index is 2.05. The topological polar surface area (TPSA) is 38.3 Å². The van der Waals surface area contributed by atoms with E-state index >= 15 is 0 Å². The number of rotatable bonds is 6. The van der Waals surface area contributed by atoms with Gasteiger partial charge in [0.15, 0.2) is 0 Å². The first kappa shape index (κ1) is 13.8. The summed E-state index contributed by atoms with van der Waals surface area (Å²) in [5.74, 6) is 1.28. The Kier molecular flexibility index (Phi) is 6.81. The van der Waals surface area contributed by atoms with Crippen LogP contribution in [0.25, 0.3) is 0 Å². The zero-order valence-electron chi connectivity index (χ0n) is 10.0. The lowest BCUT2D eigenvalue weighted by molar-refractivity contribution is -0.135. The molecule has 16 heavy (non-hydrogen) atoms. The number of carbonyl (C=O) groups is 1. The van der Waals surface area contributed by atoms with Crippen LogP contribution < -0.4 is 5.32 Å². The maximum absolute atomic E-state index is 11.7. The van der Waals surface area contributed by atoms with Gasteiger partial charge in [0.05, 0.1) is 0 Å². The molecule has 1 aliphatic heterocycles. The minimum Gasteiger partial charge on any atom is -0.368 e. The standard InChI is InChI=1S/C12H22ClNO2/c1-10(9-13)5-4-7-14-12(15)11-6-2-3-8-16-11/h10-11H,2-9H2,1H3,(H,14,15). The predicted molar refractivity (Wildman–Crippen MR) is 65.7 cm³/mol. The molecule has 0 radical (unpaired) electrons. The van der Waals surface area contributed by atoms with Gasteiger partial charge >= 0.3 is 0 Å². The number of amides is 1. The lowest BCUT2D eigenvalue weighted by atomic mass is 10.1. The Morgan fingerprint density at radius 3 is 3.00 bits per heavy atom. The average molecular weight is 248 g/mol. The lowest BCUT2D eigenvalue weighted by Crippen LogP contribution is -2.38. The van der Waals surface area contributed by atoms with E-state index in [1.54, 1.807) is 0 Å². The van der Waals surface area contributed by atoms with Crippen molar-refractivity contribution in [2.24, 2.45) is 5.92 Å². The minimum absolute atomic E-state index is 0.0539. The monoisotopic (exact) mass is 247 g/mol. The molecule has 94 valence electrons. The van der Waals surface area contributed by atoms with Crippen molar-refractivity contribution in [3.05, 3.63) is 0 Å². The van der Waals surface area contributed by atoms with Gasteiger partial charge in [0.2, 0.25) is 5.91 Å². The zero-order chi connectivity index (χ0) is 11.8. The predicted octanol–water partition coefficient (Wildman–Crippen LogP) is 2.33. The summed E-state index contributed by atoms with van der Waals surface area (Å²) >= 11 is 5.71. The van der Waals surface area contributed by atoms with E-state index in [1.807, 2.05) is 0 Å². The van der Waals surface area contributed by atoms with Crippen LogP contribution in [0.1, 0.15) is 39.0 Å². The van der Waals surface area contributed by atoms with Crippen molar-refractivity contribution in [2.75, 3.05) is 19.0 Å².